The molecule has 0 bridgehead atoms. The lowest BCUT2D eigenvalue weighted by molar-refractivity contribution is -0.159. The average Bonchev–Trinajstić information content (AvgIpc) is 2.75. The van der Waals surface area contributed by atoms with Gasteiger partial charge in [-0.1, -0.05) is 49.4 Å². The Morgan fingerprint density at radius 3 is 1.79 bits per heavy atom. The van der Waals surface area contributed by atoms with E-state index in [1.807, 2.05) is 35.2 Å². The maximum Gasteiger partial charge on any atom is 0.414 e. The van der Waals surface area contributed by atoms with Crippen molar-refractivity contribution >= 4 is 17.8 Å². The molecule has 7 heteroatoms. The Kier molecular flexibility index (Phi) is 8.36. The predicted octanol–water partition coefficient (Wildman–Crippen LogP) is 2.36. The van der Waals surface area contributed by atoms with Gasteiger partial charge in [-0.2, -0.15) is 0 Å². The number of hydrogen-bond donors (Lipinski definition) is 2. The summed E-state index contributed by atoms with van der Waals surface area (Å²) < 4.78 is 0. The van der Waals surface area contributed by atoms with E-state index >= 15 is 0 Å². The van der Waals surface area contributed by atoms with Crippen LogP contribution in [0.25, 0.3) is 0 Å². The van der Waals surface area contributed by atoms with Crippen LogP contribution >= 0.6 is 0 Å². The van der Waals surface area contributed by atoms with E-state index in [9.17, 15) is 4.79 Å². The number of aliphatic carboxylic acids is 2. The van der Waals surface area contributed by atoms with Crippen molar-refractivity contribution in [2.24, 2.45) is 0 Å². The summed E-state index contributed by atoms with van der Waals surface area (Å²) in [6.07, 6.45) is 1.08. The molecule has 0 spiro atoms. The van der Waals surface area contributed by atoms with Crippen LogP contribution in [-0.4, -0.2) is 64.0 Å². The molecule has 7 nitrogen and oxygen atoms in total. The second-order valence-corrected chi connectivity index (χ2v) is 6.71. The molecule has 1 fully saturated rings. The number of amides is 1. The summed E-state index contributed by atoms with van der Waals surface area (Å²) in [5, 5.41) is 14.8. The lowest BCUT2D eigenvalue weighted by Crippen LogP contribution is -2.48. The molecule has 1 saturated heterocycles. The van der Waals surface area contributed by atoms with Crippen LogP contribution in [-0.2, 0) is 22.6 Å². The minimum absolute atomic E-state index is 0.151. The lowest BCUT2D eigenvalue weighted by atomic mass is 10.1. The van der Waals surface area contributed by atoms with Crippen molar-refractivity contribution < 1.29 is 24.6 Å². The molecule has 1 amide bonds. The number of benzene rings is 2. The molecule has 2 aromatic carbocycles. The molecule has 1 aliphatic heterocycles. The summed E-state index contributed by atoms with van der Waals surface area (Å²) in [6.45, 7) is 6.64. The van der Waals surface area contributed by atoms with Gasteiger partial charge < -0.3 is 15.1 Å². The molecule has 1 aliphatic rings. The van der Waals surface area contributed by atoms with E-state index < -0.39 is 11.9 Å². The van der Waals surface area contributed by atoms with Crippen molar-refractivity contribution in [2.75, 3.05) is 26.2 Å². The first-order chi connectivity index (χ1) is 13.9. The van der Waals surface area contributed by atoms with Gasteiger partial charge in [0.2, 0.25) is 0 Å². The number of hydrogen-bond acceptors (Lipinski definition) is 4. The van der Waals surface area contributed by atoms with Gasteiger partial charge in [-0.15, -0.1) is 0 Å². The standard InChI is InChI=1S/C20H24N2O.C2H2O4/c1-2-17-8-10-18(11-9-17)16-21-12-14-22(15-13-21)20(23)19-6-4-3-5-7-19;3-1(4)2(5)6/h3-11H,2,12-16H2,1H3;(H,3,4)(H,5,6). The van der Waals surface area contributed by atoms with Crippen LogP contribution in [0, 0.1) is 0 Å². The van der Waals surface area contributed by atoms with Crippen LogP contribution in [0.15, 0.2) is 54.6 Å². The third-order valence-corrected chi connectivity index (χ3v) is 4.70. The van der Waals surface area contributed by atoms with Gasteiger partial charge in [0.1, 0.15) is 0 Å². The van der Waals surface area contributed by atoms with Gasteiger partial charge in [0.25, 0.3) is 5.91 Å². The highest BCUT2D eigenvalue weighted by Crippen LogP contribution is 2.12. The van der Waals surface area contributed by atoms with Gasteiger partial charge in [-0.3, -0.25) is 9.69 Å². The van der Waals surface area contributed by atoms with Crippen molar-refractivity contribution in [1.82, 2.24) is 9.80 Å². The quantitative estimate of drug-likeness (QED) is 0.768. The van der Waals surface area contributed by atoms with Crippen LogP contribution < -0.4 is 0 Å². The zero-order chi connectivity index (χ0) is 21.2. The molecular formula is C22H26N2O5. The van der Waals surface area contributed by atoms with Crippen molar-refractivity contribution in [3.63, 3.8) is 0 Å². The lowest BCUT2D eigenvalue weighted by Gasteiger charge is -2.34. The van der Waals surface area contributed by atoms with Crippen LogP contribution in [0.4, 0.5) is 0 Å². The number of carboxylic acids is 2. The largest absolute Gasteiger partial charge is 0.473 e. The van der Waals surface area contributed by atoms with Gasteiger partial charge in [-0.25, -0.2) is 9.59 Å². The van der Waals surface area contributed by atoms with E-state index in [-0.39, 0.29) is 5.91 Å². The van der Waals surface area contributed by atoms with E-state index in [2.05, 4.69) is 36.1 Å². The summed E-state index contributed by atoms with van der Waals surface area (Å²) in [4.78, 5) is 35.0. The number of carbonyl (C=O) groups excluding carboxylic acids is 1. The Hall–Kier alpha value is -3.19. The monoisotopic (exact) mass is 398 g/mol. The van der Waals surface area contributed by atoms with Gasteiger partial charge >= 0.3 is 11.9 Å². The van der Waals surface area contributed by atoms with E-state index in [1.54, 1.807) is 0 Å². The molecule has 0 aliphatic carbocycles. The van der Waals surface area contributed by atoms with Crippen LogP contribution in [0.2, 0.25) is 0 Å². The third kappa shape index (κ3) is 7.04. The third-order valence-electron chi connectivity index (χ3n) is 4.70. The van der Waals surface area contributed by atoms with Crippen molar-refractivity contribution in [2.45, 2.75) is 19.9 Å². The summed E-state index contributed by atoms with van der Waals surface area (Å²) in [6, 6.07) is 18.4. The summed E-state index contributed by atoms with van der Waals surface area (Å²) in [7, 11) is 0. The fourth-order valence-electron chi connectivity index (χ4n) is 3.01. The maximum atomic E-state index is 12.4. The number of piperazine rings is 1. The Morgan fingerprint density at radius 1 is 0.793 bits per heavy atom. The smallest absolute Gasteiger partial charge is 0.414 e. The topological polar surface area (TPSA) is 98.2 Å². The number of carboxylic acid groups (broad SMARTS) is 2. The predicted molar refractivity (Wildman–Crippen MR) is 109 cm³/mol. The second kappa shape index (κ2) is 11.0. The first kappa shape index (κ1) is 22.1. The maximum absolute atomic E-state index is 12.4. The highest BCUT2D eigenvalue weighted by molar-refractivity contribution is 6.27. The highest BCUT2D eigenvalue weighted by atomic mass is 16.4. The minimum atomic E-state index is -1.82. The van der Waals surface area contributed by atoms with Crippen LogP contribution in [0.5, 0.6) is 0 Å². The SMILES string of the molecule is CCc1ccc(CN2CCN(C(=O)c3ccccc3)CC2)cc1.O=C(O)C(=O)O. The molecule has 0 unspecified atom stereocenters. The van der Waals surface area contributed by atoms with Crippen molar-refractivity contribution in [3.05, 3.63) is 71.3 Å². The first-order valence-corrected chi connectivity index (χ1v) is 9.51. The summed E-state index contributed by atoms with van der Waals surface area (Å²) in [5.41, 5.74) is 3.52. The van der Waals surface area contributed by atoms with Gasteiger partial charge in [0.15, 0.2) is 0 Å². The zero-order valence-electron chi connectivity index (χ0n) is 16.5. The number of aryl methyl sites for hydroxylation is 1. The van der Waals surface area contributed by atoms with E-state index in [0.717, 1.165) is 44.7 Å². The molecule has 0 aromatic heterocycles. The van der Waals surface area contributed by atoms with E-state index in [1.165, 1.54) is 11.1 Å². The molecular weight excluding hydrogens is 372 g/mol. The van der Waals surface area contributed by atoms with E-state index in [4.69, 9.17) is 19.8 Å². The Bertz CT molecular complexity index is 801. The molecule has 0 saturated carbocycles. The molecule has 2 aromatic rings. The Balaban J connectivity index is 0.000000438. The molecule has 0 radical (unpaired) electrons. The number of carbonyl (C=O) groups is 3. The van der Waals surface area contributed by atoms with Crippen molar-refractivity contribution in [1.29, 1.82) is 0 Å². The van der Waals surface area contributed by atoms with Crippen LogP contribution in [0.3, 0.4) is 0 Å². The first-order valence-electron chi connectivity index (χ1n) is 9.51. The fraction of sp³-hybridized carbons (Fsp3) is 0.318. The van der Waals surface area contributed by atoms with Crippen LogP contribution in [0.1, 0.15) is 28.4 Å². The Morgan fingerprint density at radius 2 is 1.31 bits per heavy atom. The molecule has 2 N–H and O–H groups in total. The minimum Gasteiger partial charge on any atom is -0.473 e. The fourth-order valence-corrected chi connectivity index (χ4v) is 3.01. The summed E-state index contributed by atoms with van der Waals surface area (Å²) >= 11 is 0. The molecule has 154 valence electrons. The Labute approximate surface area is 170 Å². The molecule has 1 heterocycles. The number of nitrogens with zero attached hydrogens (tertiary/aromatic N) is 2. The van der Waals surface area contributed by atoms with Gasteiger partial charge in [0.05, 0.1) is 0 Å². The normalized spacial score (nSPS) is 13.9. The molecule has 29 heavy (non-hydrogen) atoms. The molecule has 0 atom stereocenters. The highest BCUT2D eigenvalue weighted by Gasteiger charge is 2.21. The average molecular weight is 398 g/mol. The molecule has 3 rings (SSSR count). The van der Waals surface area contributed by atoms with Gasteiger partial charge in [0, 0.05) is 38.3 Å². The summed E-state index contributed by atoms with van der Waals surface area (Å²) in [5.74, 6) is -3.50. The van der Waals surface area contributed by atoms with Gasteiger partial charge in [-0.05, 0) is 29.7 Å². The van der Waals surface area contributed by atoms with Crippen molar-refractivity contribution in [3.8, 4) is 0 Å². The van der Waals surface area contributed by atoms with E-state index in [0.29, 0.717) is 0 Å². The second-order valence-electron chi connectivity index (χ2n) is 6.71. The zero-order valence-corrected chi connectivity index (χ0v) is 16.5. The number of rotatable bonds is 4.